The first-order chi connectivity index (χ1) is 19.1. The van der Waals surface area contributed by atoms with E-state index >= 15 is 0 Å². The van der Waals surface area contributed by atoms with Crippen LogP contribution in [0.2, 0.25) is 0 Å². The van der Waals surface area contributed by atoms with Crippen LogP contribution >= 0.6 is 0 Å². The zero-order valence-corrected chi connectivity index (χ0v) is 27.2. The van der Waals surface area contributed by atoms with Crippen LogP contribution in [-0.2, 0) is 14.3 Å². The first-order valence-corrected chi connectivity index (χ1v) is 19.1. The molecule has 236 valence electrons. The standard InChI is InChI=1S/C34H69FO3S/c1-2-3-4-5-6-7-8-9-10-11-12-13-14-15-16-18-21-24-27-30-33-38-39(36,37)34-31-28-25-22-19-17-20-23-26-29-32-35/h2-34H2,1H3. The Morgan fingerprint density at radius 1 is 0.410 bits per heavy atom. The second kappa shape index (κ2) is 32.4. The first-order valence-electron chi connectivity index (χ1n) is 17.6. The zero-order valence-electron chi connectivity index (χ0n) is 26.3. The highest BCUT2D eigenvalue weighted by atomic mass is 32.2. The maximum atomic E-state index is 12.0. The van der Waals surface area contributed by atoms with Crippen LogP contribution in [0, 0.1) is 0 Å². The van der Waals surface area contributed by atoms with E-state index in [1.54, 1.807) is 0 Å². The second-order valence-electron chi connectivity index (χ2n) is 12.0. The molecule has 0 saturated heterocycles. The molecule has 0 heterocycles. The molecule has 0 atom stereocenters. The van der Waals surface area contributed by atoms with Crippen LogP contribution in [0.5, 0.6) is 0 Å². The van der Waals surface area contributed by atoms with Crippen molar-refractivity contribution in [1.82, 2.24) is 0 Å². The molecule has 0 N–H and O–H groups in total. The van der Waals surface area contributed by atoms with Crippen LogP contribution in [0.3, 0.4) is 0 Å². The van der Waals surface area contributed by atoms with Gasteiger partial charge in [0.25, 0.3) is 10.1 Å². The largest absolute Gasteiger partial charge is 0.270 e. The Balaban J connectivity index is 3.25. The Morgan fingerprint density at radius 2 is 0.692 bits per heavy atom. The maximum absolute atomic E-state index is 12.0. The molecule has 0 aromatic heterocycles. The molecular weight excluding hydrogens is 507 g/mol. The summed E-state index contributed by atoms with van der Waals surface area (Å²) >= 11 is 0. The van der Waals surface area contributed by atoms with Crippen molar-refractivity contribution in [1.29, 1.82) is 0 Å². The van der Waals surface area contributed by atoms with Crippen molar-refractivity contribution in [2.45, 2.75) is 200 Å². The van der Waals surface area contributed by atoms with Gasteiger partial charge in [-0.3, -0.25) is 8.57 Å². The van der Waals surface area contributed by atoms with E-state index in [4.69, 9.17) is 4.18 Å². The fourth-order valence-corrected chi connectivity index (χ4v) is 6.44. The topological polar surface area (TPSA) is 43.4 Å². The van der Waals surface area contributed by atoms with Crippen molar-refractivity contribution in [2.24, 2.45) is 0 Å². The van der Waals surface area contributed by atoms with Gasteiger partial charge in [0, 0.05) is 0 Å². The SMILES string of the molecule is CCCCCCCCCCCCCCCCCCCCCCOS(=O)(=O)CCCCCCCCCCCCF. The average Bonchev–Trinajstić information content (AvgIpc) is 2.92. The van der Waals surface area contributed by atoms with Gasteiger partial charge in [0.1, 0.15) is 0 Å². The third kappa shape index (κ3) is 33.9. The molecule has 0 unspecified atom stereocenters. The molecule has 0 spiro atoms. The van der Waals surface area contributed by atoms with Gasteiger partial charge in [-0.05, 0) is 19.3 Å². The molecule has 0 saturated carbocycles. The third-order valence-electron chi connectivity index (χ3n) is 8.04. The monoisotopic (exact) mass is 576 g/mol. The van der Waals surface area contributed by atoms with Gasteiger partial charge >= 0.3 is 0 Å². The van der Waals surface area contributed by atoms with Crippen molar-refractivity contribution in [3.8, 4) is 0 Å². The lowest BCUT2D eigenvalue weighted by Crippen LogP contribution is -2.11. The van der Waals surface area contributed by atoms with Crippen LogP contribution in [0.1, 0.15) is 200 Å². The minimum absolute atomic E-state index is 0.162. The summed E-state index contributed by atoms with van der Waals surface area (Å²) in [4.78, 5) is 0. The smallest absolute Gasteiger partial charge is 0.267 e. The van der Waals surface area contributed by atoms with E-state index in [1.165, 1.54) is 141 Å². The number of unbranched alkanes of at least 4 members (excludes halogenated alkanes) is 28. The van der Waals surface area contributed by atoms with Crippen LogP contribution in [0.25, 0.3) is 0 Å². The first kappa shape index (κ1) is 38.8. The van der Waals surface area contributed by atoms with Crippen LogP contribution in [-0.4, -0.2) is 27.5 Å². The van der Waals surface area contributed by atoms with E-state index in [0.717, 1.165) is 38.5 Å². The molecule has 0 aliphatic heterocycles. The van der Waals surface area contributed by atoms with E-state index in [0.29, 0.717) is 19.4 Å². The van der Waals surface area contributed by atoms with E-state index in [1.807, 2.05) is 0 Å². The molecule has 0 amide bonds. The van der Waals surface area contributed by atoms with E-state index in [-0.39, 0.29) is 12.4 Å². The molecule has 0 aromatic rings. The molecule has 0 fully saturated rings. The van der Waals surface area contributed by atoms with Crippen LogP contribution < -0.4 is 0 Å². The average molecular weight is 577 g/mol. The van der Waals surface area contributed by atoms with Gasteiger partial charge in [0.15, 0.2) is 0 Å². The molecule has 0 rings (SSSR count). The van der Waals surface area contributed by atoms with Crippen molar-refractivity contribution in [3.05, 3.63) is 0 Å². The quantitative estimate of drug-likeness (QED) is 0.0565. The lowest BCUT2D eigenvalue weighted by atomic mass is 10.0. The Morgan fingerprint density at radius 3 is 1.03 bits per heavy atom. The predicted molar refractivity (Wildman–Crippen MR) is 170 cm³/mol. The lowest BCUT2D eigenvalue weighted by Gasteiger charge is -2.06. The zero-order chi connectivity index (χ0) is 28.5. The summed E-state index contributed by atoms with van der Waals surface area (Å²) in [5.41, 5.74) is 0. The van der Waals surface area contributed by atoms with Gasteiger partial charge in [-0.25, -0.2) is 0 Å². The summed E-state index contributed by atoms with van der Waals surface area (Å²) in [6.07, 6.45) is 37.3. The van der Waals surface area contributed by atoms with Gasteiger partial charge in [-0.15, -0.1) is 0 Å². The Hall–Kier alpha value is -0.160. The summed E-state index contributed by atoms with van der Waals surface area (Å²) in [6, 6.07) is 0. The Kier molecular flexibility index (Phi) is 32.2. The fourth-order valence-electron chi connectivity index (χ4n) is 5.39. The minimum atomic E-state index is -3.35. The second-order valence-corrected chi connectivity index (χ2v) is 13.8. The normalized spacial score (nSPS) is 11.9. The lowest BCUT2D eigenvalue weighted by molar-refractivity contribution is 0.305. The molecule has 5 heteroatoms. The van der Waals surface area contributed by atoms with Gasteiger partial charge in [-0.1, -0.05) is 180 Å². The summed E-state index contributed by atoms with van der Waals surface area (Å²) in [5.74, 6) is 0.162. The number of alkyl halides is 1. The van der Waals surface area contributed by atoms with Crippen molar-refractivity contribution < 1.29 is 17.0 Å². The number of hydrogen-bond donors (Lipinski definition) is 0. The summed E-state index contributed by atoms with van der Waals surface area (Å²) in [6.45, 7) is 2.45. The number of hydrogen-bond acceptors (Lipinski definition) is 3. The van der Waals surface area contributed by atoms with E-state index in [9.17, 15) is 12.8 Å². The highest BCUT2D eigenvalue weighted by Crippen LogP contribution is 2.15. The Bertz CT molecular complexity index is 553. The molecule has 0 aliphatic carbocycles. The van der Waals surface area contributed by atoms with E-state index < -0.39 is 10.1 Å². The highest BCUT2D eigenvalue weighted by molar-refractivity contribution is 7.86. The summed E-state index contributed by atoms with van der Waals surface area (Å²) in [7, 11) is -3.35. The molecular formula is C34H69FO3S. The highest BCUT2D eigenvalue weighted by Gasteiger charge is 2.10. The fraction of sp³-hybridized carbons (Fsp3) is 1.00. The van der Waals surface area contributed by atoms with Gasteiger partial charge < -0.3 is 0 Å². The number of rotatable bonds is 34. The van der Waals surface area contributed by atoms with Crippen molar-refractivity contribution in [2.75, 3.05) is 19.0 Å². The molecule has 0 aliphatic rings. The summed E-state index contributed by atoms with van der Waals surface area (Å²) < 4.78 is 41.3. The minimum Gasteiger partial charge on any atom is -0.270 e. The molecule has 39 heavy (non-hydrogen) atoms. The predicted octanol–water partition coefficient (Wildman–Crippen LogP) is 12.0. The van der Waals surface area contributed by atoms with Crippen LogP contribution in [0.4, 0.5) is 4.39 Å². The number of halogens is 1. The molecule has 0 radical (unpaired) electrons. The molecule has 0 bridgehead atoms. The van der Waals surface area contributed by atoms with Gasteiger partial charge in [-0.2, -0.15) is 8.42 Å². The Labute approximate surface area is 245 Å². The van der Waals surface area contributed by atoms with Crippen molar-refractivity contribution >= 4 is 10.1 Å². The van der Waals surface area contributed by atoms with E-state index in [2.05, 4.69) is 6.92 Å². The molecule has 3 nitrogen and oxygen atoms in total. The van der Waals surface area contributed by atoms with Gasteiger partial charge in [0.2, 0.25) is 0 Å². The van der Waals surface area contributed by atoms with Gasteiger partial charge in [0.05, 0.1) is 19.0 Å². The maximum Gasteiger partial charge on any atom is 0.267 e. The third-order valence-corrected chi connectivity index (χ3v) is 9.35. The van der Waals surface area contributed by atoms with Crippen LogP contribution in [0.15, 0.2) is 0 Å². The van der Waals surface area contributed by atoms with Crippen molar-refractivity contribution in [3.63, 3.8) is 0 Å². The summed E-state index contributed by atoms with van der Waals surface area (Å²) in [5, 5.41) is 0. The molecule has 0 aromatic carbocycles.